The minimum absolute atomic E-state index is 0.584. The van der Waals surface area contributed by atoms with E-state index in [0.29, 0.717) is 12.4 Å². The van der Waals surface area contributed by atoms with Gasteiger partial charge in [0.05, 0.1) is 6.54 Å². The zero-order valence-electron chi connectivity index (χ0n) is 9.45. The average Bonchev–Trinajstić information content (AvgIpc) is 2.26. The Bertz CT molecular complexity index is 235. The van der Waals surface area contributed by atoms with Crippen molar-refractivity contribution in [3.05, 3.63) is 37.0 Å². The van der Waals surface area contributed by atoms with Crippen LogP contribution in [-0.2, 0) is 0 Å². The molecular formula is C12H20N2. The molecule has 2 nitrogen and oxygen atoms in total. The van der Waals surface area contributed by atoms with Crippen molar-refractivity contribution >= 4 is 12.6 Å². The maximum absolute atomic E-state index is 4.13. The van der Waals surface area contributed by atoms with Crippen LogP contribution in [-0.4, -0.2) is 19.1 Å². The van der Waals surface area contributed by atoms with E-state index in [-0.39, 0.29) is 0 Å². The standard InChI is InChI=1S/C10H14N2.C2H6/c1-5-7-10(6-2)8-12-9(3)11-4;1-2/h5-7H,1-2,4,8H2,3H3;1-2H3/b10-7+,12-9?;. The second-order valence-corrected chi connectivity index (χ2v) is 2.20. The quantitative estimate of drug-likeness (QED) is 0.370. The Hall–Kier alpha value is -1.44. The summed E-state index contributed by atoms with van der Waals surface area (Å²) >= 11 is 0. The number of hydrogen-bond donors (Lipinski definition) is 0. The first-order chi connectivity index (χ1) is 6.74. The molecule has 0 unspecified atom stereocenters. The van der Waals surface area contributed by atoms with Gasteiger partial charge in [0.2, 0.25) is 0 Å². The van der Waals surface area contributed by atoms with Crippen LogP contribution < -0.4 is 0 Å². The molecule has 2 heteroatoms. The Morgan fingerprint density at radius 3 is 2.21 bits per heavy atom. The first-order valence-corrected chi connectivity index (χ1v) is 4.66. The monoisotopic (exact) mass is 192 g/mol. The summed E-state index contributed by atoms with van der Waals surface area (Å²) < 4.78 is 0. The highest BCUT2D eigenvalue weighted by Crippen LogP contribution is 1.97. The number of amidine groups is 1. The molecule has 0 aliphatic carbocycles. The van der Waals surface area contributed by atoms with Gasteiger partial charge in [0.25, 0.3) is 0 Å². The van der Waals surface area contributed by atoms with E-state index >= 15 is 0 Å². The molecule has 0 aliphatic rings. The van der Waals surface area contributed by atoms with E-state index in [9.17, 15) is 0 Å². The van der Waals surface area contributed by atoms with Gasteiger partial charge in [-0.05, 0) is 19.2 Å². The lowest BCUT2D eigenvalue weighted by Crippen LogP contribution is -1.90. The number of nitrogens with zero attached hydrogens (tertiary/aromatic N) is 2. The van der Waals surface area contributed by atoms with Crippen molar-refractivity contribution in [2.45, 2.75) is 20.8 Å². The normalized spacial score (nSPS) is 11.1. The molecule has 0 saturated carbocycles. The van der Waals surface area contributed by atoms with Crippen molar-refractivity contribution in [1.82, 2.24) is 0 Å². The van der Waals surface area contributed by atoms with Crippen LogP contribution in [0.25, 0.3) is 0 Å². The first kappa shape index (κ1) is 15.1. The van der Waals surface area contributed by atoms with Crippen molar-refractivity contribution in [2.24, 2.45) is 9.98 Å². The molecule has 0 rings (SSSR count). The van der Waals surface area contributed by atoms with Crippen LogP contribution >= 0.6 is 0 Å². The molecule has 0 aliphatic heterocycles. The SMILES string of the molecule is C=C/C=C(\C=C)CN=C(C)N=C.CC. The fourth-order valence-corrected chi connectivity index (χ4v) is 0.592. The third-order valence-electron chi connectivity index (χ3n) is 1.31. The lowest BCUT2D eigenvalue weighted by molar-refractivity contribution is 1.17. The third kappa shape index (κ3) is 8.65. The highest BCUT2D eigenvalue weighted by molar-refractivity contribution is 5.83. The van der Waals surface area contributed by atoms with Crippen molar-refractivity contribution in [1.29, 1.82) is 0 Å². The van der Waals surface area contributed by atoms with Crippen LogP contribution in [0.4, 0.5) is 0 Å². The van der Waals surface area contributed by atoms with Crippen LogP contribution in [0.1, 0.15) is 20.8 Å². The molecule has 0 aromatic rings. The summed E-state index contributed by atoms with van der Waals surface area (Å²) in [5.74, 6) is 0.687. The molecule has 0 fully saturated rings. The van der Waals surface area contributed by atoms with Gasteiger partial charge in [-0.2, -0.15) is 0 Å². The van der Waals surface area contributed by atoms with Crippen molar-refractivity contribution in [2.75, 3.05) is 6.54 Å². The average molecular weight is 192 g/mol. The van der Waals surface area contributed by atoms with E-state index in [1.807, 2.05) is 26.8 Å². The van der Waals surface area contributed by atoms with Gasteiger partial charge in [-0.25, -0.2) is 4.99 Å². The molecule has 0 atom stereocenters. The van der Waals surface area contributed by atoms with Gasteiger partial charge in [-0.15, -0.1) is 0 Å². The molecule has 0 aromatic heterocycles. The number of aliphatic imine (C=N–C) groups is 2. The highest BCUT2D eigenvalue weighted by Gasteiger charge is 1.87. The molecule has 0 heterocycles. The van der Waals surface area contributed by atoms with Crippen LogP contribution in [0.15, 0.2) is 46.9 Å². The van der Waals surface area contributed by atoms with E-state index in [1.54, 1.807) is 12.2 Å². The molecule has 0 radical (unpaired) electrons. The molecule has 0 amide bonds. The minimum atomic E-state index is 0.584. The molecule has 0 saturated heterocycles. The van der Waals surface area contributed by atoms with Gasteiger partial charge < -0.3 is 0 Å². The van der Waals surface area contributed by atoms with E-state index in [2.05, 4.69) is 29.9 Å². The van der Waals surface area contributed by atoms with E-state index < -0.39 is 0 Å². The van der Waals surface area contributed by atoms with Crippen molar-refractivity contribution in [3.63, 3.8) is 0 Å². The van der Waals surface area contributed by atoms with Gasteiger partial charge in [0.15, 0.2) is 0 Å². The Labute approximate surface area is 87.5 Å². The molecule has 14 heavy (non-hydrogen) atoms. The summed E-state index contributed by atoms with van der Waals surface area (Å²) in [6.45, 7) is 17.0. The van der Waals surface area contributed by atoms with E-state index in [0.717, 1.165) is 5.57 Å². The topological polar surface area (TPSA) is 24.7 Å². The highest BCUT2D eigenvalue weighted by atomic mass is 14.9. The van der Waals surface area contributed by atoms with Gasteiger partial charge in [-0.1, -0.05) is 45.2 Å². The maximum Gasteiger partial charge on any atom is 0.119 e. The number of rotatable bonds is 4. The smallest absolute Gasteiger partial charge is 0.119 e. The van der Waals surface area contributed by atoms with E-state index in [4.69, 9.17) is 0 Å². The summed E-state index contributed by atoms with van der Waals surface area (Å²) in [6, 6.07) is 0. The fraction of sp³-hybridized carbons (Fsp3) is 0.333. The summed E-state index contributed by atoms with van der Waals surface area (Å²) in [5, 5.41) is 0. The Morgan fingerprint density at radius 2 is 1.86 bits per heavy atom. The summed E-state index contributed by atoms with van der Waals surface area (Å²) in [5.41, 5.74) is 1.02. The number of allylic oxidation sites excluding steroid dienone is 2. The lowest BCUT2D eigenvalue weighted by Gasteiger charge is -1.95. The van der Waals surface area contributed by atoms with Gasteiger partial charge in [0, 0.05) is 0 Å². The second kappa shape index (κ2) is 11.6. The Morgan fingerprint density at radius 1 is 1.29 bits per heavy atom. The van der Waals surface area contributed by atoms with Crippen molar-refractivity contribution < 1.29 is 0 Å². The third-order valence-corrected chi connectivity index (χ3v) is 1.31. The predicted molar refractivity (Wildman–Crippen MR) is 67.4 cm³/mol. The lowest BCUT2D eigenvalue weighted by atomic mass is 10.2. The summed E-state index contributed by atoms with van der Waals surface area (Å²) in [4.78, 5) is 7.80. The van der Waals surface area contributed by atoms with Crippen LogP contribution in [0.5, 0.6) is 0 Å². The van der Waals surface area contributed by atoms with Crippen LogP contribution in [0.3, 0.4) is 0 Å². The van der Waals surface area contributed by atoms with Crippen LogP contribution in [0.2, 0.25) is 0 Å². The summed E-state index contributed by atoms with van der Waals surface area (Å²) in [7, 11) is 0. The first-order valence-electron chi connectivity index (χ1n) is 4.66. The summed E-state index contributed by atoms with van der Waals surface area (Å²) in [6.07, 6.45) is 5.33. The zero-order chi connectivity index (χ0) is 11.4. The molecule has 0 aromatic carbocycles. The van der Waals surface area contributed by atoms with E-state index in [1.165, 1.54) is 0 Å². The largest absolute Gasteiger partial charge is 0.266 e. The van der Waals surface area contributed by atoms with Gasteiger partial charge >= 0.3 is 0 Å². The molecule has 0 bridgehead atoms. The molecular weight excluding hydrogens is 172 g/mol. The minimum Gasteiger partial charge on any atom is -0.266 e. The zero-order valence-corrected chi connectivity index (χ0v) is 9.45. The maximum atomic E-state index is 4.13. The Kier molecular flexibility index (Phi) is 12.4. The predicted octanol–water partition coefficient (Wildman–Crippen LogP) is 3.43. The fourth-order valence-electron chi connectivity index (χ4n) is 0.592. The van der Waals surface area contributed by atoms with Gasteiger partial charge in [-0.3, -0.25) is 4.99 Å². The van der Waals surface area contributed by atoms with Crippen molar-refractivity contribution in [3.8, 4) is 0 Å². The number of hydrogen-bond acceptors (Lipinski definition) is 1. The van der Waals surface area contributed by atoms with Gasteiger partial charge in [0.1, 0.15) is 5.84 Å². The molecule has 78 valence electrons. The Balaban J connectivity index is 0. The second-order valence-electron chi connectivity index (χ2n) is 2.20. The van der Waals surface area contributed by atoms with Crippen LogP contribution in [0, 0.1) is 0 Å². The molecule has 0 N–H and O–H groups in total. The molecule has 0 spiro atoms.